The largest absolute Gasteiger partial charge is 0.294 e. The second-order valence-electron chi connectivity index (χ2n) is 1.44. The number of hydrogen-bond acceptors (Lipinski definition) is 4. The van der Waals surface area contributed by atoms with Crippen LogP contribution in [0.5, 0.6) is 0 Å². The van der Waals surface area contributed by atoms with Crippen LogP contribution in [0.4, 0.5) is 0 Å². The van der Waals surface area contributed by atoms with Crippen LogP contribution in [0.1, 0.15) is 9.80 Å². The molecule has 4 nitrogen and oxygen atoms in total. The first-order valence-electron chi connectivity index (χ1n) is 2.36. The molecule has 0 radical (unpaired) electrons. The summed E-state index contributed by atoms with van der Waals surface area (Å²) in [5.74, 6) is 4.42. The molecule has 0 bridgehead atoms. The fourth-order valence-electron chi connectivity index (χ4n) is 0.421. The third-order valence-electron chi connectivity index (χ3n) is 0.803. The molecule has 0 fully saturated rings. The summed E-state index contributed by atoms with van der Waals surface area (Å²) in [5.41, 5.74) is 1.94. The van der Waals surface area contributed by atoms with Crippen molar-refractivity contribution in [2.24, 2.45) is 5.84 Å². The summed E-state index contributed by atoms with van der Waals surface area (Å²) in [6.07, 6.45) is 1.40. The highest BCUT2D eigenvalue weighted by Crippen LogP contribution is 2.17. The Hall–Kier alpha value is -0.650. The van der Waals surface area contributed by atoms with Crippen molar-refractivity contribution in [1.82, 2.24) is 10.4 Å². The first-order chi connectivity index (χ1) is 4.74. The first-order valence-corrected chi connectivity index (χ1v) is 3.55. The van der Waals surface area contributed by atoms with Gasteiger partial charge < -0.3 is 0 Å². The maximum absolute atomic E-state index is 10.7. The Kier molecular flexibility index (Phi) is 2.21. The third-order valence-corrected chi connectivity index (χ3v) is 1.92. The quantitative estimate of drug-likeness (QED) is 0.371. The second-order valence-corrected chi connectivity index (χ2v) is 3.10. The second kappa shape index (κ2) is 2.96. The molecule has 0 saturated carbocycles. The van der Waals surface area contributed by atoms with Gasteiger partial charge in [-0.05, 0) is 0 Å². The SMILES string of the molecule is NNC(=O)c1ncc(Cl)s1. The Morgan fingerprint density at radius 2 is 2.60 bits per heavy atom. The van der Waals surface area contributed by atoms with E-state index in [1.54, 1.807) is 0 Å². The average molecular weight is 178 g/mol. The topological polar surface area (TPSA) is 68.0 Å². The molecule has 0 aliphatic rings. The molecule has 0 saturated heterocycles. The van der Waals surface area contributed by atoms with Gasteiger partial charge >= 0.3 is 0 Å². The van der Waals surface area contributed by atoms with Crippen LogP contribution in [0.3, 0.4) is 0 Å². The normalized spacial score (nSPS) is 9.40. The Labute approximate surface area is 66.0 Å². The zero-order chi connectivity index (χ0) is 7.56. The van der Waals surface area contributed by atoms with Crippen molar-refractivity contribution in [3.63, 3.8) is 0 Å². The van der Waals surface area contributed by atoms with E-state index in [1.807, 2.05) is 5.43 Å². The number of nitrogens with one attached hydrogen (secondary N) is 1. The van der Waals surface area contributed by atoms with Gasteiger partial charge in [0.05, 0.1) is 6.20 Å². The van der Waals surface area contributed by atoms with Gasteiger partial charge in [0.2, 0.25) is 0 Å². The van der Waals surface area contributed by atoms with E-state index < -0.39 is 5.91 Å². The van der Waals surface area contributed by atoms with Gasteiger partial charge in [-0.25, -0.2) is 10.8 Å². The van der Waals surface area contributed by atoms with Crippen molar-refractivity contribution in [3.05, 3.63) is 15.5 Å². The molecule has 1 amide bonds. The Morgan fingerprint density at radius 3 is 3.00 bits per heavy atom. The number of carbonyl (C=O) groups excluding carboxylic acids is 1. The van der Waals surface area contributed by atoms with Crippen molar-refractivity contribution in [2.75, 3.05) is 0 Å². The predicted octanol–water partition coefficient (Wildman–Crippen LogP) is 0.400. The lowest BCUT2D eigenvalue weighted by molar-refractivity contribution is 0.0953. The molecule has 6 heteroatoms. The van der Waals surface area contributed by atoms with E-state index in [-0.39, 0.29) is 5.01 Å². The molecule has 1 aromatic heterocycles. The number of hydrazine groups is 1. The van der Waals surface area contributed by atoms with Gasteiger partial charge in [0.1, 0.15) is 4.34 Å². The molecule has 3 N–H and O–H groups in total. The number of rotatable bonds is 1. The predicted molar refractivity (Wildman–Crippen MR) is 38.8 cm³/mol. The minimum absolute atomic E-state index is 0.271. The van der Waals surface area contributed by atoms with Crippen molar-refractivity contribution in [1.29, 1.82) is 0 Å². The van der Waals surface area contributed by atoms with Crippen LogP contribution in [0, 0.1) is 0 Å². The molecule has 1 rings (SSSR count). The van der Waals surface area contributed by atoms with Crippen LogP contribution < -0.4 is 11.3 Å². The van der Waals surface area contributed by atoms with Crippen LogP contribution in [-0.4, -0.2) is 10.9 Å². The van der Waals surface area contributed by atoms with Gasteiger partial charge in [-0.1, -0.05) is 22.9 Å². The lowest BCUT2D eigenvalue weighted by Gasteiger charge is -1.89. The maximum atomic E-state index is 10.7. The van der Waals surface area contributed by atoms with E-state index in [0.29, 0.717) is 4.34 Å². The smallest absolute Gasteiger partial charge is 0.288 e. The van der Waals surface area contributed by atoms with Crippen LogP contribution in [0.25, 0.3) is 0 Å². The Bertz CT molecular complexity index is 248. The monoisotopic (exact) mass is 177 g/mol. The van der Waals surface area contributed by atoms with Crippen LogP contribution >= 0.6 is 22.9 Å². The minimum atomic E-state index is -0.420. The van der Waals surface area contributed by atoms with Crippen LogP contribution in [-0.2, 0) is 0 Å². The van der Waals surface area contributed by atoms with Gasteiger partial charge in [0, 0.05) is 0 Å². The van der Waals surface area contributed by atoms with E-state index in [1.165, 1.54) is 6.20 Å². The highest BCUT2D eigenvalue weighted by molar-refractivity contribution is 7.17. The molecule has 54 valence electrons. The molecular weight excluding hydrogens is 174 g/mol. The lowest BCUT2D eigenvalue weighted by Crippen LogP contribution is -2.29. The van der Waals surface area contributed by atoms with Crippen molar-refractivity contribution < 1.29 is 4.79 Å². The summed E-state index contributed by atoms with van der Waals surface area (Å²) in [6.45, 7) is 0. The third kappa shape index (κ3) is 1.44. The van der Waals surface area contributed by atoms with E-state index >= 15 is 0 Å². The summed E-state index contributed by atoms with van der Waals surface area (Å²) < 4.78 is 0.471. The maximum Gasteiger partial charge on any atom is 0.294 e. The van der Waals surface area contributed by atoms with E-state index in [2.05, 4.69) is 4.98 Å². The highest BCUT2D eigenvalue weighted by atomic mass is 35.5. The summed E-state index contributed by atoms with van der Waals surface area (Å²) in [4.78, 5) is 14.4. The molecule has 1 aromatic rings. The number of aromatic nitrogens is 1. The van der Waals surface area contributed by atoms with E-state index in [4.69, 9.17) is 17.4 Å². The van der Waals surface area contributed by atoms with Gasteiger partial charge in [-0.3, -0.25) is 10.2 Å². The number of nitrogen functional groups attached to an aromatic ring is 1. The fourth-order valence-corrected chi connectivity index (χ4v) is 1.24. The molecule has 0 aliphatic carbocycles. The number of thiazole rings is 1. The molecule has 0 aromatic carbocycles. The summed E-state index contributed by atoms with van der Waals surface area (Å²) in [6, 6.07) is 0. The van der Waals surface area contributed by atoms with Gasteiger partial charge in [0.25, 0.3) is 5.91 Å². The number of carbonyl (C=O) groups is 1. The van der Waals surface area contributed by atoms with Crippen molar-refractivity contribution in [2.45, 2.75) is 0 Å². The standard InChI is InChI=1S/C4H4ClN3OS/c5-2-1-7-4(10-2)3(9)8-6/h1H,6H2,(H,8,9). The Balaban J connectivity index is 2.85. The van der Waals surface area contributed by atoms with Crippen LogP contribution in [0.15, 0.2) is 6.20 Å². The van der Waals surface area contributed by atoms with Gasteiger partial charge in [-0.15, -0.1) is 0 Å². The molecule has 1 heterocycles. The molecule has 0 spiro atoms. The number of nitrogens with two attached hydrogens (primary N) is 1. The molecular formula is C4H4ClN3OS. The zero-order valence-corrected chi connectivity index (χ0v) is 6.37. The fraction of sp³-hybridized carbons (Fsp3) is 0. The lowest BCUT2D eigenvalue weighted by atomic mass is 10.7. The number of nitrogens with zero attached hydrogens (tertiary/aromatic N) is 1. The van der Waals surface area contributed by atoms with Crippen molar-refractivity contribution in [3.8, 4) is 0 Å². The highest BCUT2D eigenvalue weighted by Gasteiger charge is 2.07. The minimum Gasteiger partial charge on any atom is -0.288 e. The van der Waals surface area contributed by atoms with E-state index in [0.717, 1.165) is 11.3 Å². The summed E-state index contributed by atoms with van der Waals surface area (Å²) in [7, 11) is 0. The van der Waals surface area contributed by atoms with E-state index in [9.17, 15) is 4.79 Å². The summed E-state index contributed by atoms with van der Waals surface area (Å²) in [5, 5.41) is 0.271. The van der Waals surface area contributed by atoms with Gasteiger partial charge in [-0.2, -0.15) is 0 Å². The Morgan fingerprint density at radius 1 is 1.90 bits per heavy atom. The molecule has 0 aliphatic heterocycles. The first kappa shape index (κ1) is 7.46. The number of hydrogen-bond donors (Lipinski definition) is 2. The van der Waals surface area contributed by atoms with Crippen LogP contribution in [0.2, 0.25) is 4.34 Å². The summed E-state index contributed by atoms with van der Waals surface area (Å²) >= 11 is 6.58. The van der Waals surface area contributed by atoms with Crippen molar-refractivity contribution >= 4 is 28.8 Å². The molecule has 10 heavy (non-hydrogen) atoms. The van der Waals surface area contributed by atoms with Gasteiger partial charge in [0.15, 0.2) is 5.01 Å². The molecule has 0 atom stereocenters. The zero-order valence-electron chi connectivity index (χ0n) is 4.80. The molecule has 0 unspecified atom stereocenters. The average Bonchev–Trinajstić information content (AvgIpc) is 2.34. The number of amides is 1. The number of halogens is 1.